The van der Waals surface area contributed by atoms with Crippen LogP contribution in [0.25, 0.3) is 11.0 Å². The number of fused-ring (bicyclic) bond motifs is 1. The molecule has 0 unspecified atom stereocenters. The van der Waals surface area contributed by atoms with E-state index in [1.807, 2.05) is 24.3 Å². The highest BCUT2D eigenvalue weighted by Gasteiger charge is 2.07. The topological polar surface area (TPSA) is 29.9 Å². The summed E-state index contributed by atoms with van der Waals surface area (Å²) < 4.78 is 1.57. The molecule has 5 heteroatoms. The van der Waals surface area contributed by atoms with Crippen molar-refractivity contribution < 1.29 is 0 Å². The van der Waals surface area contributed by atoms with Crippen molar-refractivity contribution in [3.63, 3.8) is 0 Å². The number of hydrogen-bond donors (Lipinski definition) is 1. The van der Waals surface area contributed by atoms with Gasteiger partial charge in [-0.3, -0.25) is 0 Å². The van der Waals surface area contributed by atoms with Gasteiger partial charge in [0, 0.05) is 24.7 Å². The minimum absolute atomic E-state index is 0.650. The van der Waals surface area contributed by atoms with Crippen molar-refractivity contribution in [3.8, 4) is 0 Å². The molecule has 0 spiro atoms. The van der Waals surface area contributed by atoms with Gasteiger partial charge < -0.3 is 0 Å². The molecule has 0 radical (unpaired) electrons. The molecule has 14 heavy (non-hydrogen) atoms. The Labute approximate surface area is 91.9 Å². The minimum atomic E-state index is 0.650. The molecular weight excluding hydrogens is 221 g/mol. The van der Waals surface area contributed by atoms with Gasteiger partial charge in [0.15, 0.2) is 0 Å². The molecule has 3 nitrogen and oxygen atoms in total. The predicted molar refractivity (Wildman–Crippen MR) is 58.5 cm³/mol. The van der Waals surface area contributed by atoms with Crippen LogP contribution in [0.3, 0.4) is 0 Å². The van der Waals surface area contributed by atoms with Crippen LogP contribution in [-0.4, -0.2) is 15.6 Å². The van der Waals surface area contributed by atoms with Crippen LogP contribution in [0.5, 0.6) is 0 Å². The molecular formula is C9H9Cl2N3. The maximum absolute atomic E-state index is 6.08. The summed E-state index contributed by atoms with van der Waals surface area (Å²) in [6.45, 7) is 0.650. The highest BCUT2D eigenvalue weighted by Crippen LogP contribution is 2.17. The van der Waals surface area contributed by atoms with Crippen LogP contribution in [0.4, 0.5) is 0 Å². The van der Waals surface area contributed by atoms with Gasteiger partial charge in [-0.05, 0) is 23.9 Å². The van der Waals surface area contributed by atoms with Crippen molar-refractivity contribution in [2.75, 3.05) is 6.54 Å². The number of nitrogens with zero attached hydrogens (tertiary/aromatic N) is 2. The smallest absolute Gasteiger partial charge is 0.126 e. The first-order chi connectivity index (χ1) is 6.83. The summed E-state index contributed by atoms with van der Waals surface area (Å²) in [5, 5.41) is 0. The van der Waals surface area contributed by atoms with Gasteiger partial charge in [0.1, 0.15) is 5.82 Å². The highest BCUT2D eigenvalue weighted by atomic mass is 35.5. The fourth-order valence-corrected chi connectivity index (χ4v) is 1.72. The van der Waals surface area contributed by atoms with Crippen LogP contribution >= 0.6 is 23.6 Å². The Balaban J connectivity index is 2.41. The van der Waals surface area contributed by atoms with E-state index in [4.69, 9.17) is 23.6 Å². The second-order valence-electron chi connectivity index (χ2n) is 2.93. The molecule has 0 aliphatic rings. The van der Waals surface area contributed by atoms with Gasteiger partial charge in [0.25, 0.3) is 0 Å². The first-order valence-electron chi connectivity index (χ1n) is 4.29. The first-order valence-corrected chi connectivity index (χ1v) is 5.00. The average molecular weight is 230 g/mol. The lowest BCUT2D eigenvalue weighted by Crippen LogP contribution is -2.07. The van der Waals surface area contributed by atoms with Crippen LogP contribution in [0, 0.1) is 0 Å². The quantitative estimate of drug-likeness (QED) is 0.820. The molecule has 0 amide bonds. The fraction of sp³-hybridized carbons (Fsp3) is 0.222. The van der Waals surface area contributed by atoms with Gasteiger partial charge in [-0.1, -0.05) is 12.1 Å². The van der Waals surface area contributed by atoms with Crippen molar-refractivity contribution in [1.29, 1.82) is 0 Å². The summed E-state index contributed by atoms with van der Waals surface area (Å²) in [7, 11) is 0. The van der Waals surface area contributed by atoms with E-state index in [0.717, 1.165) is 16.9 Å². The summed E-state index contributed by atoms with van der Waals surface area (Å²) in [4.78, 5) is 6.93. The van der Waals surface area contributed by atoms with Gasteiger partial charge in [0.05, 0.1) is 11.0 Å². The molecule has 2 rings (SSSR count). The molecule has 0 atom stereocenters. The highest BCUT2D eigenvalue weighted by molar-refractivity contribution is 6.19. The molecule has 0 saturated heterocycles. The molecule has 0 saturated carbocycles. The van der Waals surface area contributed by atoms with Gasteiger partial charge in [-0.15, -0.1) is 0 Å². The van der Waals surface area contributed by atoms with Crippen molar-refractivity contribution in [3.05, 3.63) is 30.1 Å². The van der Waals surface area contributed by atoms with E-state index >= 15 is 0 Å². The maximum Gasteiger partial charge on any atom is 0.126 e. The zero-order chi connectivity index (χ0) is 9.97. The van der Waals surface area contributed by atoms with Gasteiger partial charge in [-0.25, -0.2) is 13.9 Å². The summed E-state index contributed by atoms with van der Waals surface area (Å²) in [5.41, 5.74) is 1.84. The van der Waals surface area contributed by atoms with Gasteiger partial charge in [0.2, 0.25) is 0 Å². The lowest BCUT2D eigenvalue weighted by Gasteiger charge is -1.97. The molecule has 0 bridgehead atoms. The van der Waals surface area contributed by atoms with Crippen LogP contribution in [-0.2, 0) is 6.42 Å². The number of rotatable bonds is 3. The van der Waals surface area contributed by atoms with E-state index in [9.17, 15) is 0 Å². The van der Waals surface area contributed by atoms with Crippen molar-refractivity contribution in [1.82, 2.24) is 13.9 Å². The van der Waals surface area contributed by atoms with Gasteiger partial charge in [-0.2, -0.15) is 0 Å². The van der Waals surface area contributed by atoms with Crippen LogP contribution in [0.1, 0.15) is 5.82 Å². The van der Waals surface area contributed by atoms with E-state index in [-0.39, 0.29) is 0 Å². The molecule has 1 aromatic carbocycles. The molecule has 0 fully saturated rings. The molecule has 1 aromatic heterocycles. The number of halogens is 2. The second-order valence-corrected chi connectivity index (χ2v) is 3.54. The number of aromatic nitrogens is 2. The molecule has 1 N–H and O–H groups in total. The molecule has 2 aromatic rings. The Bertz CT molecular complexity index is 439. The van der Waals surface area contributed by atoms with Gasteiger partial charge >= 0.3 is 0 Å². The number of hydrogen-bond acceptors (Lipinski definition) is 2. The Kier molecular flexibility index (Phi) is 2.91. The summed E-state index contributed by atoms with van der Waals surface area (Å²) >= 11 is 11.4. The summed E-state index contributed by atoms with van der Waals surface area (Å²) in [5.74, 6) is 0.820. The minimum Gasteiger partial charge on any atom is -0.238 e. The van der Waals surface area contributed by atoms with Crippen LogP contribution in [0.15, 0.2) is 24.3 Å². The number of para-hydroxylation sites is 2. The van der Waals surface area contributed by atoms with Crippen molar-refractivity contribution in [2.24, 2.45) is 0 Å². The Morgan fingerprint density at radius 2 is 2.14 bits per heavy atom. The second kappa shape index (κ2) is 4.17. The first kappa shape index (κ1) is 9.77. The SMILES string of the molecule is ClNCCc1nc2ccccc2n1Cl. The third-order valence-electron chi connectivity index (χ3n) is 2.01. The number of imidazole rings is 1. The number of benzene rings is 1. The molecule has 0 aliphatic heterocycles. The summed E-state index contributed by atoms with van der Waals surface area (Å²) in [6.07, 6.45) is 0.710. The number of nitrogens with one attached hydrogen (secondary N) is 1. The monoisotopic (exact) mass is 229 g/mol. The van der Waals surface area contributed by atoms with E-state index < -0.39 is 0 Å². The lowest BCUT2D eigenvalue weighted by molar-refractivity contribution is 0.837. The Morgan fingerprint density at radius 3 is 2.86 bits per heavy atom. The molecule has 1 heterocycles. The standard InChI is InChI=1S/C9H9Cl2N3/c10-12-6-5-9-13-7-3-1-2-4-8(7)14(9)11/h1-4,12H,5-6H2. The maximum atomic E-state index is 6.08. The van der Waals surface area contributed by atoms with E-state index in [1.54, 1.807) is 4.09 Å². The van der Waals surface area contributed by atoms with Crippen molar-refractivity contribution >= 4 is 34.6 Å². The largest absolute Gasteiger partial charge is 0.238 e. The third-order valence-corrected chi connectivity index (χ3v) is 2.58. The normalized spacial score (nSPS) is 11.0. The lowest BCUT2D eigenvalue weighted by atomic mass is 10.3. The van der Waals surface area contributed by atoms with Crippen molar-refractivity contribution in [2.45, 2.75) is 6.42 Å². The summed E-state index contributed by atoms with van der Waals surface area (Å²) in [6, 6.07) is 7.75. The van der Waals surface area contributed by atoms with E-state index in [2.05, 4.69) is 9.82 Å². The third kappa shape index (κ3) is 1.71. The Hall–Kier alpha value is -0.770. The average Bonchev–Trinajstić information content (AvgIpc) is 2.54. The van der Waals surface area contributed by atoms with E-state index in [1.165, 1.54) is 0 Å². The zero-order valence-electron chi connectivity index (χ0n) is 7.37. The van der Waals surface area contributed by atoms with Crippen LogP contribution in [0.2, 0.25) is 0 Å². The van der Waals surface area contributed by atoms with E-state index in [0.29, 0.717) is 13.0 Å². The molecule has 0 aliphatic carbocycles. The fourth-order valence-electron chi connectivity index (χ4n) is 1.36. The Morgan fingerprint density at radius 1 is 1.36 bits per heavy atom. The predicted octanol–water partition coefficient (Wildman–Crippen LogP) is 2.32. The van der Waals surface area contributed by atoms with Crippen LogP contribution < -0.4 is 4.84 Å². The zero-order valence-corrected chi connectivity index (χ0v) is 8.89. The molecule has 74 valence electrons.